The minimum absolute atomic E-state index is 0.234. The summed E-state index contributed by atoms with van der Waals surface area (Å²) in [5, 5.41) is 19.5. The summed E-state index contributed by atoms with van der Waals surface area (Å²) in [4.78, 5) is 12.0. The summed E-state index contributed by atoms with van der Waals surface area (Å²) in [6.45, 7) is 18.3. The molecule has 2 N–H and O–H groups in total. The predicted molar refractivity (Wildman–Crippen MR) is 167 cm³/mol. The maximum absolute atomic E-state index is 12.0. The third kappa shape index (κ3) is 11.5. The molecule has 0 spiro atoms. The highest BCUT2D eigenvalue weighted by molar-refractivity contribution is 5.69. The molecule has 0 aliphatic carbocycles. The number of benzene rings is 2. The Kier molecular flexibility index (Phi) is 14.7. The van der Waals surface area contributed by atoms with Crippen molar-refractivity contribution >= 4 is 5.97 Å². The molecule has 42 heavy (non-hydrogen) atoms. The van der Waals surface area contributed by atoms with Crippen LogP contribution in [-0.4, -0.2) is 48.9 Å². The van der Waals surface area contributed by atoms with E-state index in [1.54, 1.807) is 0 Å². The van der Waals surface area contributed by atoms with Crippen LogP contribution in [0, 0.1) is 39.0 Å². The van der Waals surface area contributed by atoms with Gasteiger partial charge in [-0.2, -0.15) is 0 Å². The Balaban J connectivity index is 0.000000307. The topological polar surface area (TPSA) is 94.5 Å². The van der Waals surface area contributed by atoms with Gasteiger partial charge in [-0.3, -0.25) is 4.79 Å². The third-order valence-corrected chi connectivity index (χ3v) is 7.73. The SMILES string of the molecule is CCCCC(CC)COc1cc(C)c(O)c(C)c1.Cc1cc(CCC(=O)OCC(C)(C)C2OCCCO2)cc(C)c1O. The zero-order valence-corrected chi connectivity index (χ0v) is 27.2. The van der Waals surface area contributed by atoms with Crippen molar-refractivity contribution in [3.8, 4) is 17.2 Å². The molecule has 7 nitrogen and oxygen atoms in total. The third-order valence-electron chi connectivity index (χ3n) is 7.73. The van der Waals surface area contributed by atoms with Gasteiger partial charge in [0.25, 0.3) is 0 Å². The molecule has 3 rings (SSSR count). The quantitative estimate of drug-likeness (QED) is 0.231. The number of carbonyl (C=O) groups excluding carboxylic acids is 1. The van der Waals surface area contributed by atoms with Gasteiger partial charge in [0.1, 0.15) is 23.9 Å². The number of esters is 1. The molecule has 0 bridgehead atoms. The Morgan fingerprint density at radius 3 is 2.02 bits per heavy atom. The van der Waals surface area contributed by atoms with Crippen LogP contribution in [0.4, 0.5) is 0 Å². The lowest BCUT2D eigenvalue weighted by atomic mass is 9.93. The molecule has 1 aliphatic heterocycles. The van der Waals surface area contributed by atoms with Gasteiger partial charge in [0.2, 0.25) is 0 Å². The monoisotopic (exact) mass is 586 g/mol. The van der Waals surface area contributed by atoms with Crippen LogP contribution in [0.25, 0.3) is 0 Å². The highest BCUT2D eigenvalue weighted by atomic mass is 16.7. The van der Waals surface area contributed by atoms with Crippen molar-refractivity contribution in [2.45, 2.75) is 107 Å². The Morgan fingerprint density at radius 2 is 1.50 bits per heavy atom. The number of hydrogen-bond donors (Lipinski definition) is 2. The molecular weight excluding hydrogens is 532 g/mol. The van der Waals surface area contributed by atoms with Crippen molar-refractivity contribution in [3.63, 3.8) is 0 Å². The zero-order chi connectivity index (χ0) is 31.3. The number of aromatic hydroxyl groups is 2. The molecule has 2 aromatic rings. The highest BCUT2D eigenvalue weighted by Crippen LogP contribution is 2.29. The van der Waals surface area contributed by atoms with E-state index in [9.17, 15) is 15.0 Å². The van der Waals surface area contributed by atoms with Crippen molar-refractivity contribution in [1.82, 2.24) is 0 Å². The van der Waals surface area contributed by atoms with Crippen LogP contribution in [0.1, 0.15) is 94.0 Å². The van der Waals surface area contributed by atoms with Gasteiger partial charge in [-0.1, -0.05) is 59.1 Å². The summed E-state index contributed by atoms with van der Waals surface area (Å²) in [6.07, 6.45) is 6.39. The van der Waals surface area contributed by atoms with E-state index >= 15 is 0 Å². The fourth-order valence-corrected chi connectivity index (χ4v) is 4.89. The van der Waals surface area contributed by atoms with Crippen LogP contribution in [0.2, 0.25) is 0 Å². The smallest absolute Gasteiger partial charge is 0.306 e. The minimum atomic E-state index is -0.373. The highest BCUT2D eigenvalue weighted by Gasteiger charge is 2.34. The van der Waals surface area contributed by atoms with Crippen LogP contribution in [0.5, 0.6) is 17.2 Å². The second-order valence-electron chi connectivity index (χ2n) is 12.3. The number of hydrogen-bond acceptors (Lipinski definition) is 7. The number of aryl methyl sites for hydroxylation is 5. The van der Waals surface area contributed by atoms with Crippen LogP contribution in [0.15, 0.2) is 24.3 Å². The van der Waals surface area contributed by atoms with E-state index in [-0.39, 0.29) is 24.3 Å². The fraction of sp³-hybridized carbons (Fsp3) is 0.629. The molecule has 0 radical (unpaired) electrons. The second kappa shape index (κ2) is 17.4. The summed E-state index contributed by atoms with van der Waals surface area (Å²) >= 11 is 0. The molecular formula is C35H54O7. The summed E-state index contributed by atoms with van der Waals surface area (Å²) < 4.78 is 22.5. The van der Waals surface area contributed by atoms with Crippen LogP contribution in [-0.2, 0) is 25.4 Å². The van der Waals surface area contributed by atoms with E-state index in [1.807, 2.05) is 65.8 Å². The van der Waals surface area contributed by atoms with Gasteiger partial charge < -0.3 is 29.2 Å². The fourth-order valence-electron chi connectivity index (χ4n) is 4.89. The molecule has 2 aromatic carbocycles. The minimum Gasteiger partial charge on any atom is -0.507 e. The van der Waals surface area contributed by atoms with Crippen LogP contribution in [0.3, 0.4) is 0 Å². The first-order valence-electron chi connectivity index (χ1n) is 15.5. The number of unbranched alkanes of at least 4 members (excludes halogenated alkanes) is 1. The van der Waals surface area contributed by atoms with Crippen molar-refractivity contribution < 1.29 is 34.0 Å². The van der Waals surface area contributed by atoms with Gasteiger partial charge in [-0.15, -0.1) is 0 Å². The number of phenols is 2. The van der Waals surface area contributed by atoms with E-state index in [1.165, 1.54) is 19.3 Å². The van der Waals surface area contributed by atoms with Gasteiger partial charge in [0, 0.05) is 11.8 Å². The number of phenolic OH excluding ortho intramolecular Hbond substituents is 2. The predicted octanol–water partition coefficient (Wildman–Crippen LogP) is 7.88. The van der Waals surface area contributed by atoms with E-state index in [0.717, 1.165) is 53.0 Å². The molecule has 0 amide bonds. The zero-order valence-electron chi connectivity index (χ0n) is 27.2. The lowest BCUT2D eigenvalue weighted by Crippen LogP contribution is -2.41. The molecule has 0 aromatic heterocycles. The maximum Gasteiger partial charge on any atom is 0.306 e. The Morgan fingerprint density at radius 1 is 0.952 bits per heavy atom. The van der Waals surface area contributed by atoms with E-state index in [0.29, 0.717) is 43.5 Å². The van der Waals surface area contributed by atoms with Crippen LogP contribution < -0.4 is 4.74 Å². The average Bonchev–Trinajstić information content (AvgIpc) is 2.97. The summed E-state index contributed by atoms with van der Waals surface area (Å²) in [7, 11) is 0. The lowest BCUT2D eigenvalue weighted by Gasteiger charge is -2.35. The van der Waals surface area contributed by atoms with Crippen molar-refractivity contribution in [3.05, 3.63) is 52.1 Å². The van der Waals surface area contributed by atoms with Crippen molar-refractivity contribution in [2.75, 3.05) is 26.4 Å². The summed E-state index contributed by atoms with van der Waals surface area (Å²) in [5.74, 6) is 1.97. The molecule has 1 heterocycles. The molecule has 1 fully saturated rings. The molecule has 7 heteroatoms. The van der Waals surface area contributed by atoms with Gasteiger partial charge in [-0.25, -0.2) is 0 Å². The van der Waals surface area contributed by atoms with Gasteiger partial charge in [0.15, 0.2) is 6.29 Å². The maximum atomic E-state index is 12.0. The molecule has 0 saturated carbocycles. The number of ether oxygens (including phenoxy) is 4. The van der Waals surface area contributed by atoms with Gasteiger partial charge >= 0.3 is 5.97 Å². The number of rotatable bonds is 13. The Hall–Kier alpha value is -2.77. The lowest BCUT2D eigenvalue weighted by molar-refractivity contribution is -0.237. The molecule has 1 unspecified atom stereocenters. The van der Waals surface area contributed by atoms with Crippen LogP contribution >= 0.6 is 0 Å². The van der Waals surface area contributed by atoms with E-state index in [4.69, 9.17) is 18.9 Å². The summed E-state index contributed by atoms with van der Waals surface area (Å²) in [6, 6.07) is 7.64. The Labute approximate surface area is 253 Å². The van der Waals surface area contributed by atoms with E-state index in [2.05, 4.69) is 13.8 Å². The standard InChI is InChI=1S/C19H28O5.C16H26O2/c1-13-10-15(11-14(2)17(13)21)6-7-16(20)24-12-19(3,4)18-22-8-5-9-23-18;1-5-7-8-14(6-2)11-18-15-9-12(3)16(17)13(4)10-15/h10-11,18,21H,5-9,12H2,1-4H3;9-10,14,17H,5-8,11H2,1-4H3. The molecule has 236 valence electrons. The largest absolute Gasteiger partial charge is 0.507 e. The molecule has 1 atom stereocenters. The van der Waals surface area contributed by atoms with E-state index < -0.39 is 0 Å². The van der Waals surface area contributed by atoms with Crippen molar-refractivity contribution in [1.29, 1.82) is 0 Å². The van der Waals surface area contributed by atoms with Crippen molar-refractivity contribution in [2.24, 2.45) is 11.3 Å². The average molecular weight is 587 g/mol. The summed E-state index contributed by atoms with van der Waals surface area (Å²) in [5.41, 5.74) is 4.07. The Bertz CT molecular complexity index is 1070. The normalized spacial score (nSPS) is 14.6. The second-order valence-corrected chi connectivity index (χ2v) is 12.3. The molecule has 1 aliphatic rings. The number of carbonyl (C=O) groups is 1. The first-order valence-corrected chi connectivity index (χ1v) is 15.5. The first-order chi connectivity index (χ1) is 19.9. The first kappa shape index (κ1) is 35.4. The van der Waals surface area contributed by atoms with Gasteiger partial charge in [0.05, 0.1) is 19.8 Å². The van der Waals surface area contributed by atoms with Gasteiger partial charge in [-0.05, 0) is 92.8 Å². The molecule has 1 saturated heterocycles.